The topological polar surface area (TPSA) is 58.6 Å². The van der Waals surface area contributed by atoms with Gasteiger partial charge in [0, 0.05) is 13.2 Å². The monoisotopic (exact) mass is 296 g/mol. The summed E-state index contributed by atoms with van der Waals surface area (Å²) in [5.41, 5.74) is 0. The molecule has 1 saturated heterocycles. The maximum Gasteiger partial charge on any atom is 0.246 e. The minimum Gasteiger partial charge on any atom is -0.381 e. The third-order valence-corrected chi connectivity index (χ3v) is 4.80. The van der Waals surface area contributed by atoms with Crippen LogP contribution < -0.4 is 5.32 Å². The number of ether oxygens (including phenoxy) is 1. The highest BCUT2D eigenvalue weighted by Crippen LogP contribution is 2.29. The summed E-state index contributed by atoms with van der Waals surface area (Å²) >= 11 is 0. The summed E-state index contributed by atoms with van der Waals surface area (Å²) in [7, 11) is 1.73. The normalized spacial score (nSPS) is 34.0. The van der Waals surface area contributed by atoms with Crippen molar-refractivity contribution in [2.24, 2.45) is 0 Å². The van der Waals surface area contributed by atoms with E-state index < -0.39 is 0 Å². The van der Waals surface area contributed by atoms with E-state index in [-0.39, 0.29) is 36.0 Å². The number of hydrogen-bond acceptors (Lipinski definition) is 3. The predicted octanol–water partition coefficient (Wildman–Crippen LogP) is 1.85. The largest absolute Gasteiger partial charge is 0.381 e. The van der Waals surface area contributed by atoms with Gasteiger partial charge in [0.15, 0.2) is 0 Å². The molecule has 5 heteroatoms. The lowest BCUT2D eigenvalue weighted by atomic mass is 9.88. The zero-order valence-corrected chi connectivity index (χ0v) is 13.4. The fraction of sp³-hybridized carbons (Fsp3) is 0.875. The molecule has 0 aromatic carbocycles. The van der Waals surface area contributed by atoms with Gasteiger partial charge in [-0.05, 0) is 38.5 Å². The van der Waals surface area contributed by atoms with Crippen molar-refractivity contribution in [3.8, 4) is 0 Å². The van der Waals surface area contributed by atoms with Crippen LogP contribution in [0.25, 0.3) is 0 Å². The number of carbonyl (C=O) groups is 2. The van der Waals surface area contributed by atoms with E-state index in [9.17, 15) is 9.59 Å². The summed E-state index contributed by atoms with van der Waals surface area (Å²) in [6.07, 6.45) is 6.44. The van der Waals surface area contributed by atoms with Crippen LogP contribution in [0.4, 0.5) is 0 Å². The molecule has 0 aromatic heterocycles. The molecular formula is C16H28N2O3. The molecule has 0 aromatic rings. The number of carbonyl (C=O) groups excluding carboxylic acids is 2. The summed E-state index contributed by atoms with van der Waals surface area (Å²) in [4.78, 5) is 27.0. The summed E-state index contributed by atoms with van der Waals surface area (Å²) < 4.78 is 5.48. The van der Waals surface area contributed by atoms with Crippen LogP contribution in [0.2, 0.25) is 0 Å². The first-order valence-electron chi connectivity index (χ1n) is 8.27. The van der Waals surface area contributed by atoms with E-state index in [0.29, 0.717) is 6.42 Å². The predicted molar refractivity (Wildman–Crippen MR) is 80.8 cm³/mol. The summed E-state index contributed by atoms with van der Waals surface area (Å²) in [5, 5.41) is 2.90. The third kappa shape index (κ3) is 3.39. The van der Waals surface area contributed by atoms with Gasteiger partial charge < -0.3 is 15.0 Å². The molecule has 1 N–H and O–H groups in total. The number of nitrogens with one attached hydrogen (secondary N) is 1. The molecule has 2 amide bonds. The van der Waals surface area contributed by atoms with Crippen molar-refractivity contribution < 1.29 is 14.3 Å². The molecule has 1 heterocycles. The zero-order valence-electron chi connectivity index (χ0n) is 13.4. The molecule has 1 saturated carbocycles. The van der Waals surface area contributed by atoms with Crippen molar-refractivity contribution in [2.45, 2.75) is 83.0 Å². The highest BCUT2D eigenvalue weighted by atomic mass is 16.5. The van der Waals surface area contributed by atoms with Crippen molar-refractivity contribution in [1.29, 1.82) is 0 Å². The maximum atomic E-state index is 12.8. The Labute approximate surface area is 127 Å². The molecule has 4 atom stereocenters. The fourth-order valence-electron chi connectivity index (χ4n) is 3.68. The Morgan fingerprint density at radius 3 is 2.67 bits per heavy atom. The Bertz CT molecular complexity index is 386. The number of rotatable bonds is 5. The van der Waals surface area contributed by atoms with Crippen molar-refractivity contribution in [2.75, 3.05) is 7.11 Å². The molecule has 1 aliphatic heterocycles. The Balaban J connectivity index is 2.18. The van der Waals surface area contributed by atoms with E-state index in [4.69, 9.17) is 4.74 Å². The van der Waals surface area contributed by atoms with Crippen molar-refractivity contribution in [1.82, 2.24) is 10.2 Å². The highest BCUT2D eigenvalue weighted by Gasteiger charge is 2.43. The second-order valence-corrected chi connectivity index (χ2v) is 6.20. The first-order chi connectivity index (χ1) is 10.1. The van der Waals surface area contributed by atoms with Crippen molar-refractivity contribution in [3.05, 3.63) is 0 Å². The van der Waals surface area contributed by atoms with E-state index in [1.165, 1.54) is 0 Å². The number of methoxy groups -OCH3 is 1. The summed E-state index contributed by atoms with van der Waals surface area (Å²) in [6.45, 7) is 4.01. The lowest BCUT2D eigenvalue weighted by Gasteiger charge is -2.45. The lowest BCUT2D eigenvalue weighted by molar-refractivity contribution is -0.154. The van der Waals surface area contributed by atoms with Crippen LogP contribution in [0.15, 0.2) is 0 Å². The van der Waals surface area contributed by atoms with Gasteiger partial charge in [-0.15, -0.1) is 0 Å². The van der Waals surface area contributed by atoms with Gasteiger partial charge in [0.25, 0.3) is 0 Å². The average molecular weight is 296 g/mol. The van der Waals surface area contributed by atoms with E-state index >= 15 is 0 Å². The molecule has 5 nitrogen and oxygen atoms in total. The van der Waals surface area contributed by atoms with Crippen molar-refractivity contribution in [3.63, 3.8) is 0 Å². The van der Waals surface area contributed by atoms with E-state index in [1.54, 1.807) is 7.11 Å². The van der Waals surface area contributed by atoms with Gasteiger partial charge in [0.05, 0.1) is 6.10 Å². The minimum absolute atomic E-state index is 0.00934. The smallest absolute Gasteiger partial charge is 0.246 e. The second kappa shape index (κ2) is 7.25. The van der Waals surface area contributed by atoms with Gasteiger partial charge in [-0.3, -0.25) is 9.59 Å². The fourth-order valence-corrected chi connectivity index (χ4v) is 3.68. The highest BCUT2D eigenvalue weighted by molar-refractivity contribution is 5.97. The molecule has 0 radical (unpaired) electrons. The van der Waals surface area contributed by atoms with E-state index in [1.807, 2.05) is 18.7 Å². The second-order valence-electron chi connectivity index (χ2n) is 6.20. The molecule has 0 spiro atoms. The Hall–Kier alpha value is -1.10. The van der Waals surface area contributed by atoms with Crippen LogP contribution >= 0.6 is 0 Å². The zero-order chi connectivity index (χ0) is 15.4. The number of nitrogens with zero attached hydrogens (tertiary/aromatic N) is 1. The number of amides is 2. The van der Waals surface area contributed by atoms with E-state index in [2.05, 4.69) is 5.32 Å². The standard InChI is InChI=1S/C16H28N2O3/c1-4-7-13-16(20)18(14(5-2)15(19)17-13)11-8-6-9-12(10-11)21-3/h11-14H,4-10H2,1-3H3,(H,17,19). The maximum absolute atomic E-state index is 12.8. The van der Waals surface area contributed by atoms with Gasteiger partial charge >= 0.3 is 0 Å². The Morgan fingerprint density at radius 2 is 2.05 bits per heavy atom. The first-order valence-corrected chi connectivity index (χ1v) is 8.27. The van der Waals surface area contributed by atoms with E-state index in [0.717, 1.165) is 38.5 Å². The number of hydrogen-bond donors (Lipinski definition) is 1. The molecule has 0 bridgehead atoms. The average Bonchev–Trinajstić information content (AvgIpc) is 2.50. The minimum atomic E-state index is -0.340. The van der Waals surface area contributed by atoms with Crippen LogP contribution in [0.1, 0.15) is 58.8 Å². The van der Waals surface area contributed by atoms with Gasteiger partial charge in [0.2, 0.25) is 11.8 Å². The van der Waals surface area contributed by atoms with Crippen LogP contribution in [-0.4, -0.2) is 48.1 Å². The lowest BCUT2D eigenvalue weighted by Crippen LogP contribution is -2.66. The molecule has 1 aliphatic carbocycles. The van der Waals surface area contributed by atoms with Crippen LogP contribution in [0.5, 0.6) is 0 Å². The molecule has 21 heavy (non-hydrogen) atoms. The van der Waals surface area contributed by atoms with Gasteiger partial charge in [-0.1, -0.05) is 20.3 Å². The van der Waals surface area contributed by atoms with Gasteiger partial charge in [-0.2, -0.15) is 0 Å². The quantitative estimate of drug-likeness (QED) is 0.842. The third-order valence-electron chi connectivity index (χ3n) is 4.80. The summed E-state index contributed by atoms with van der Waals surface area (Å²) in [5.74, 6) is 0.111. The molecule has 2 aliphatic rings. The first kappa shape index (κ1) is 16.3. The van der Waals surface area contributed by atoms with Crippen LogP contribution in [0, 0.1) is 0 Å². The van der Waals surface area contributed by atoms with Crippen molar-refractivity contribution >= 4 is 11.8 Å². The Morgan fingerprint density at radius 1 is 1.29 bits per heavy atom. The molecule has 120 valence electrons. The van der Waals surface area contributed by atoms with Gasteiger partial charge in [0.1, 0.15) is 12.1 Å². The molecule has 4 unspecified atom stereocenters. The van der Waals surface area contributed by atoms with Crippen LogP contribution in [-0.2, 0) is 14.3 Å². The molecule has 2 rings (SSSR count). The SMILES string of the molecule is CCCC1NC(=O)C(CC)N(C2CCCC(OC)C2)C1=O. The molecular weight excluding hydrogens is 268 g/mol. The Kier molecular flexibility index (Phi) is 5.62. The van der Waals surface area contributed by atoms with Gasteiger partial charge in [-0.25, -0.2) is 0 Å². The van der Waals surface area contributed by atoms with Crippen LogP contribution in [0.3, 0.4) is 0 Å². The summed E-state index contributed by atoms with van der Waals surface area (Å²) in [6, 6.07) is -0.508. The molecule has 2 fully saturated rings. The number of piperazine rings is 1.